The van der Waals surface area contributed by atoms with Crippen molar-refractivity contribution in [3.05, 3.63) is 64.7 Å². The highest BCUT2D eigenvalue weighted by molar-refractivity contribution is 7.90. The number of hydrogen-bond donors (Lipinski definition) is 0. The van der Waals surface area contributed by atoms with Gasteiger partial charge in [-0.2, -0.15) is 12.5 Å². The number of likely N-dealkylation sites (tertiary alicyclic amines) is 1. The Morgan fingerprint density at radius 1 is 1.06 bits per heavy atom. The van der Waals surface area contributed by atoms with Crippen molar-refractivity contribution in [2.24, 2.45) is 4.40 Å². The van der Waals surface area contributed by atoms with Crippen LogP contribution in [-0.4, -0.2) is 48.6 Å². The Balaban J connectivity index is 1.81. The molecule has 0 bridgehead atoms. The Morgan fingerprint density at radius 2 is 1.72 bits per heavy atom. The second-order valence-electron chi connectivity index (χ2n) is 7.19. The van der Waals surface area contributed by atoms with Crippen molar-refractivity contribution in [1.29, 1.82) is 0 Å². The zero-order valence-electron chi connectivity index (χ0n) is 17.3. The lowest BCUT2D eigenvalue weighted by molar-refractivity contribution is 0.0716. The minimum atomic E-state index is -4.17. The molecule has 11 heteroatoms. The van der Waals surface area contributed by atoms with E-state index in [1.165, 1.54) is 4.07 Å². The lowest BCUT2D eigenvalue weighted by atomic mass is 10.1. The summed E-state index contributed by atoms with van der Waals surface area (Å²) in [7, 11) is -2.62. The molecule has 4 rings (SSSR count). The summed E-state index contributed by atoms with van der Waals surface area (Å²) in [6.45, 7) is 1.17. The number of amides is 1. The summed E-state index contributed by atoms with van der Waals surface area (Å²) in [5.41, 5.74) is 0.600. The number of nitrogens with zero attached hydrogens (tertiary/aromatic N) is 4. The van der Waals surface area contributed by atoms with Gasteiger partial charge in [-0.25, -0.2) is 4.39 Å². The molecule has 0 atom stereocenters. The molecule has 0 aliphatic carbocycles. The van der Waals surface area contributed by atoms with Crippen LogP contribution in [0.1, 0.15) is 29.8 Å². The maximum Gasteiger partial charge on any atom is 0.283 e. The van der Waals surface area contributed by atoms with Crippen molar-refractivity contribution in [1.82, 2.24) is 14.1 Å². The van der Waals surface area contributed by atoms with Gasteiger partial charge < -0.3 is 9.64 Å². The second-order valence-corrected chi connectivity index (χ2v) is 9.71. The molecule has 1 aliphatic heterocycles. The number of ether oxygens (including phenoxy) is 1. The van der Waals surface area contributed by atoms with Gasteiger partial charge in [-0.05, 0) is 79.3 Å². The fraction of sp³-hybridized carbons (Fsp3) is 0.286. The summed E-state index contributed by atoms with van der Waals surface area (Å²) in [6.07, 6.45) is 2.81. The molecule has 3 aromatic rings. The predicted molar refractivity (Wildman–Crippen MR) is 117 cm³/mol. The lowest BCUT2D eigenvalue weighted by Gasteiger charge is -2.25. The zero-order chi connectivity index (χ0) is 22.7. The number of benzene rings is 2. The van der Waals surface area contributed by atoms with Gasteiger partial charge in [0, 0.05) is 13.1 Å². The second kappa shape index (κ2) is 9.21. The third-order valence-corrected chi connectivity index (χ3v) is 7.35. The molecular formula is C21H21FN4O4S2. The topological polar surface area (TPSA) is 93.9 Å². The van der Waals surface area contributed by atoms with Crippen molar-refractivity contribution >= 4 is 27.5 Å². The van der Waals surface area contributed by atoms with Crippen LogP contribution in [-0.2, 0) is 10.0 Å². The molecule has 1 saturated heterocycles. The van der Waals surface area contributed by atoms with Crippen LogP contribution < -0.4 is 9.41 Å². The van der Waals surface area contributed by atoms with E-state index < -0.39 is 15.8 Å². The zero-order valence-corrected chi connectivity index (χ0v) is 18.9. The minimum absolute atomic E-state index is 0.0271. The van der Waals surface area contributed by atoms with Crippen LogP contribution in [0.25, 0.3) is 5.69 Å². The van der Waals surface area contributed by atoms with E-state index in [1.54, 1.807) is 36.3 Å². The molecule has 1 amide bonds. The molecule has 8 nitrogen and oxygen atoms in total. The molecule has 0 unspecified atom stereocenters. The van der Waals surface area contributed by atoms with E-state index in [9.17, 15) is 17.6 Å². The number of sulfonamides is 1. The lowest BCUT2D eigenvalue weighted by Crippen LogP contribution is -2.38. The summed E-state index contributed by atoms with van der Waals surface area (Å²) < 4.78 is 49.4. The molecule has 1 fully saturated rings. The van der Waals surface area contributed by atoms with Gasteiger partial charge in [-0.3, -0.25) is 4.79 Å². The Morgan fingerprint density at radius 3 is 2.34 bits per heavy atom. The summed E-state index contributed by atoms with van der Waals surface area (Å²) in [6, 6.07) is 11.3. The van der Waals surface area contributed by atoms with E-state index in [-0.39, 0.29) is 21.2 Å². The minimum Gasteiger partial charge on any atom is -0.497 e. The largest absolute Gasteiger partial charge is 0.497 e. The monoisotopic (exact) mass is 476 g/mol. The average Bonchev–Trinajstić information content (AvgIpc) is 3.22. The Kier molecular flexibility index (Phi) is 6.38. The molecule has 2 heterocycles. The maximum atomic E-state index is 13.2. The summed E-state index contributed by atoms with van der Waals surface area (Å²) in [4.78, 5) is 14.7. The average molecular weight is 477 g/mol. The van der Waals surface area contributed by atoms with Crippen molar-refractivity contribution in [2.75, 3.05) is 20.2 Å². The van der Waals surface area contributed by atoms with Crippen LogP contribution in [0.2, 0.25) is 0 Å². The summed E-state index contributed by atoms with van der Waals surface area (Å²) in [5, 5.41) is 4.39. The van der Waals surface area contributed by atoms with Crippen LogP contribution >= 0.6 is 11.5 Å². The van der Waals surface area contributed by atoms with Gasteiger partial charge in [0.2, 0.25) is 0 Å². The van der Waals surface area contributed by atoms with E-state index in [2.05, 4.69) is 9.50 Å². The third kappa shape index (κ3) is 4.73. The van der Waals surface area contributed by atoms with Crippen LogP contribution in [0.15, 0.2) is 57.8 Å². The van der Waals surface area contributed by atoms with E-state index in [4.69, 9.17) is 4.74 Å². The van der Waals surface area contributed by atoms with Crippen LogP contribution in [0.4, 0.5) is 4.39 Å². The molecule has 32 heavy (non-hydrogen) atoms. The van der Waals surface area contributed by atoms with Gasteiger partial charge in [0.05, 0.1) is 17.7 Å². The number of methoxy groups -OCH3 is 1. The van der Waals surface area contributed by atoms with Crippen LogP contribution in [0, 0.1) is 5.82 Å². The number of carbonyl (C=O) groups is 1. The fourth-order valence-electron chi connectivity index (χ4n) is 3.31. The Hall–Kier alpha value is -3.05. The van der Waals surface area contributed by atoms with Crippen molar-refractivity contribution in [3.63, 3.8) is 0 Å². The van der Waals surface area contributed by atoms with E-state index in [0.717, 1.165) is 55.1 Å². The van der Waals surface area contributed by atoms with Crippen molar-refractivity contribution in [3.8, 4) is 11.4 Å². The highest BCUT2D eigenvalue weighted by Crippen LogP contribution is 2.18. The quantitative estimate of drug-likeness (QED) is 0.564. The Labute approximate surface area is 188 Å². The Bertz CT molecular complexity index is 1280. The van der Waals surface area contributed by atoms with Gasteiger partial charge in [0.1, 0.15) is 11.6 Å². The van der Waals surface area contributed by atoms with Gasteiger partial charge in [0.15, 0.2) is 10.4 Å². The molecule has 0 saturated carbocycles. The van der Waals surface area contributed by atoms with E-state index in [0.29, 0.717) is 24.5 Å². The molecule has 2 aromatic carbocycles. The number of hydrogen-bond acceptors (Lipinski definition) is 6. The first-order chi connectivity index (χ1) is 15.4. The number of rotatable bonds is 5. The summed E-state index contributed by atoms with van der Waals surface area (Å²) in [5.74, 6) is -0.263. The standard InChI is InChI=1S/C21H21FN4O4S2/c1-30-17-9-7-16(8-10-17)26-23-19(21(27)25-13-3-2-4-14-25)20(31-26)24-32(28,29)18-11-5-15(22)6-12-18/h5-12H,2-4,13-14H2,1H3. The molecule has 1 aromatic heterocycles. The maximum absolute atomic E-state index is 13.2. The molecule has 1 aliphatic rings. The number of carbonyl (C=O) groups excluding carboxylic acids is 1. The smallest absolute Gasteiger partial charge is 0.283 e. The van der Waals surface area contributed by atoms with Gasteiger partial charge >= 0.3 is 0 Å². The predicted octanol–water partition coefficient (Wildman–Crippen LogP) is 3.00. The number of aromatic nitrogens is 2. The first kappa shape index (κ1) is 22.2. The molecule has 0 spiro atoms. The highest BCUT2D eigenvalue weighted by Gasteiger charge is 2.25. The molecule has 0 radical (unpaired) electrons. The SMILES string of the molecule is COc1ccc(-n2nc(C(=O)N3CCCCC3)c(=NS(=O)(=O)c3ccc(F)cc3)s2)cc1. The first-order valence-corrected chi connectivity index (χ1v) is 12.2. The van der Waals surface area contributed by atoms with Crippen LogP contribution in [0.5, 0.6) is 5.75 Å². The van der Waals surface area contributed by atoms with E-state index >= 15 is 0 Å². The van der Waals surface area contributed by atoms with E-state index in [1.807, 2.05) is 0 Å². The molecular weight excluding hydrogens is 455 g/mol. The third-order valence-electron chi connectivity index (χ3n) is 5.02. The van der Waals surface area contributed by atoms with Crippen molar-refractivity contribution < 1.29 is 22.3 Å². The van der Waals surface area contributed by atoms with Gasteiger partial charge in [-0.1, -0.05) is 0 Å². The van der Waals surface area contributed by atoms with Crippen LogP contribution in [0.3, 0.4) is 0 Å². The fourth-order valence-corrected chi connectivity index (χ4v) is 5.35. The van der Waals surface area contributed by atoms with Gasteiger partial charge in [0.25, 0.3) is 15.9 Å². The highest BCUT2D eigenvalue weighted by atomic mass is 32.2. The number of halogens is 1. The molecule has 168 valence electrons. The van der Waals surface area contributed by atoms with Gasteiger partial charge in [-0.15, -0.1) is 9.50 Å². The summed E-state index contributed by atoms with van der Waals surface area (Å²) >= 11 is 0.940. The van der Waals surface area contributed by atoms with Crippen molar-refractivity contribution in [2.45, 2.75) is 24.2 Å². The molecule has 0 N–H and O–H groups in total. The first-order valence-electron chi connectivity index (χ1n) is 9.98. The normalized spacial score (nSPS) is 15.1. The number of piperidine rings is 1.